The summed E-state index contributed by atoms with van der Waals surface area (Å²) in [6, 6.07) is 9.38. The van der Waals surface area contributed by atoms with Gasteiger partial charge in [0.05, 0.1) is 0 Å². The van der Waals surface area contributed by atoms with Gasteiger partial charge in [-0.1, -0.05) is 0 Å². The molecule has 0 radical (unpaired) electrons. The molecule has 0 saturated carbocycles. The van der Waals surface area contributed by atoms with Crippen LogP contribution < -0.4 is 24.8 Å². The van der Waals surface area contributed by atoms with E-state index in [2.05, 4.69) is 106 Å². The van der Waals surface area contributed by atoms with Crippen molar-refractivity contribution in [3.8, 4) is 0 Å². The fourth-order valence-corrected chi connectivity index (χ4v) is 25.9. The third-order valence-corrected chi connectivity index (χ3v) is 27.5. The number of allylic oxidation sites excluding steroid dienone is 5. The first-order valence-corrected chi connectivity index (χ1v) is 21.3. The van der Waals surface area contributed by atoms with Crippen LogP contribution in [0.15, 0.2) is 50.3 Å². The van der Waals surface area contributed by atoms with Crippen molar-refractivity contribution in [3.63, 3.8) is 0 Å². The maximum Gasteiger partial charge on any atom is -1.00 e. The van der Waals surface area contributed by atoms with Crippen LogP contribution in [0.25, 0.3) is 5.57 Å². The Hall–Kier alpha value is -0.660. The topological polar surface area (TPSA) is 0 Å². The number of hydrogen-bond acceptors (Lipinski definition) is 0. The molecule has 2 atom stereocenters. The SMILES string of the molecule is CC1=C(C)C(C)[C]([Zr+2]([CH]2C=C(c3c(C)c(C)c(C)c(C)c3C)c3ccccc32)=[Si](C)C)=C1C.[Cl-].[Cl-]. The molecule has 2 aliphatic carbocycles. The van der Waals surface area contributed by atoms with Gasteiger partial charge in [-0.15, -0.1) is 0 Å². The van der Waals surface area contributed by atoms with E-state index in [0.717, 1.165) is 0 Å². The minimum absolute atomic E-state index is 0. The monoisotopic (exact) mass is 600 g/mol. The molecule has 2 aromatic rings. The van der Waals surface area contributed by atoms with Gasteiger partial charge in [-0.25, -0.2) is 0 Å². The van der Waals surface area contributed by atoms with Crippen LogP contribution in [-0.4, -0.2) is 5.43 Å². The van der Waals surface area contributed by atoms with Gasteiger partial charge in [0.2, 0.25) is 0 Å². The van der Waals surface area contributed by atoms with E-state index in [0.29, 0.717) is 9.54 Å². The van der Waals surface area contributed by atoms with Gasteiger partial charge < -0.3 is 24.8 Å². The summed E-state index contributed by atoms with van der Waals surface area (Å²) >= 11 is -1.96. The van der Waals surface area contributed by atoms with Gasteiger partial charge in [-0.05, 0) is 0 Å². The summed E-state index contributed by atoms with van der Waals surface area (Å²) < 4.78 is 2.57. The molecule has 0 N–H and O–H groups in total. The molecule has 0 nitrogen and oxygen atoms in total. The average molecular weight is 603 g/mol. The van der Waals surface area contributed by atoms with E-state index in [-0.39, 0.29) is 30.2 Å². The molecule has 35 heavy (non-hydrogen) atoms. The fourth-order valence-electron chi connectivity index (χ4n) is 6.27. The molecular formula is C31H40Cl2SiZr. The zero-order valence-corrected chi connectivity index (χ0v) is 28.3. The second-order valence-corrected chi connectivity index (χ2v) is 28.1. The zero-order valence-electron chi connectivity index (χ0n) is 23.3. The van der Waals surface area contributed by atoms with Crippen LogP contribution in [0, 0.1) is 40.5 Å². The molecule has 4 rings (SSSR count). The number of halogens is 2. The Bertz CT molecular complexity index is 1290. The van der Waals surface area contributed by atoms with Gasteiger partial charge in [-0.2, -0.15) is 0 Å². The van der Waals surface area contributed by atoms with E-state index in [1.54, 1.807) is 22.3 Å². The van der Waals surface area contributed by atoms with Crippen molar-refractivity contribution >= 4 is 11.0 Å². The van der Waals surface area contributed by atoms with Crippen LogP contribution in [-0.2, 0) is 20.4 Å². The Kier molecular flexibility index (Phi) is 9.94. The first kappa shape index (κ1) is 30.6. The van der Waals surface area contributed by atoms with Gasteiger partial charge in [0.1, 0.15) is 0 Å². The first-order valence-electron chi connectivity index (χ1n) is 12.4. The van der Waals surface area contributed by atoms with Crippen LogP contribution in [0.5, 0.6) is 0 Å². The summed E-state index contributed by atoms with van der Waals surface area (Å²) in [6.45, 7) is 26.5. The molecule has 2 unspecified atom stereocenters. The summed E-state index contributed by atoms with van der Waals surface area (Å²) in [5.41, 5.74) is 17.9. The number of fused-ring (bicyclic) bond motifs is 1. The molecular weight excluding hydrogens is 563 g/mol. The summed E-state index contributed by atoms with van der Waals surface area (Å²) in [5.74, 6) is 0.649. The molecule has 0 bridgehead atoms. The van der Waals surface area contributed by atoms with Gasteiger partial charge in [0.25, 0.3) is 0 Å². The molecule has 0 amide bonds. The van der Waals surface area contributed by atoms with Crippen molar-refractivity contribution in [3.05, 3.63) is 94.8 Å². The molecule has 0 saturated heterocycles. The third kappa shape index (κ3) is 4.83. The van der Waals surface area contributed by atoms with E-state index < -0.39 is 20.4 Å². The van der Waals surface area contributed by atoms with Gasteiger partial charge in [-0.3, -0.25) is 0 Å². The van der Waals surface area contributed by atoms with Crippen molar-refractivity contribution in [2.75, 3.05) is 0 Å². The van der Waals surface area contributed by atoms with Crippen molar-refractivity contribution in [2.45, 2.75) is 79.0 Å². The smallest absolute Gasteiger partial charge is 1.00 e. The molecule has 2 aromatic carbocycles. The second kappa shape index (κ2) is 11.4. The van der Waals surface area contributed by atoms with Crippen molar-refractivity contribution in [1.29, 1.82) is 0 Å². The number of hydrogen-bond donors (Lipinski definition) is 0. The minimum Gasteiger partial charge on any atom is -1.00 e. The molecule has 0 fully saturated rings. The molecule has 0 aromatic heterocycles. The maximum absolute atomic E-state index is 2.75. The Morgan fingerprint density at radius 1 is 0.714 bits per heavy atom. The maximum atomic E-state index is 2.75. The van der Waals surface area contributed by atoms with E-state index in [1.165, 1.54) is 44.5 Å². The summed E-state index contributed by atoms with van der Waals surface area (Å²) in [7, 11) is 0. The standard InChI is InChI=1S/C20H21.C9H13.C2H6Si.2ClH.Zr/c1-12-13(2)15(4)20(16(5)14(12)3)19-11-10-17-8-6-7-9-18(17)19;1-6-5-7(2)9(4)8(6)3;1-3-2;;;/h6-11H,1-5H3;6H,1-4H3;1-2H3;2*1H;/q;;;;;+2/p-2. The van der Waals surface area contributed by atoms with Crippen molar-refractivity contribution in [1.82, 2.24) is 0 Å². The molecule has 186 valence electrons. The Morgan fingerprint density at radius 2 is 1.23 bits per heavy atom. The summed E-state index contributed by atoms with van der Waals surface area (Å²) in [4.78, 5) is 0. The Labute approximate surface area is 234 Å². The zero-order chi connectivity index (χ0) is 24.4. The molecule has 0 aliphatic heterocycles. The third-order valence-electron chi connectivity index (χ3n) is 8.97. The fraction of sp³-hybridized carbons (Fsp3) is 0.419. The molecule has 2 aliphatic rings. The van der Waals surface area contributed by atoms with Gasteiger partial charge in [0, 0.05) is 0 Å². The normalized spacial score (nSPS) is 18.5. The van der Waals surface area contributed by atoms with E-state index in [1.807, 2.05) is 3.28 Å². The van der Waals surface area contributed by atoms with Crippen LogP contribution in [0.3, 0.4) is 0 Å². The van der Waals surface area contributed by atoms with Crippen molar-refractivity contribution in [2.24, 2.45) is 5.92 Å². The van der Waals surface area contributed by atoms with E-state index >= 15 is 0 Å². The predicted molar refractivity (Wildman–Crippen MR) is 144 cm³/mol. The van der Waals surface area contributed by atoms with Crippen LogP contribution in [0.2, 0.25) is 13.1 Å². The molecule has 0 heterocycles. The summed E-state index contributed by atoms with van der Waals surface area (Å²) in [6.07, 6.45) is 2.75. The molecule has 0 spiro atoms. The van der Waals surface area contributed by atoms with Crippen molar-refractivity contribution < 1.29 is 45.2 Å². The van der Waals surface area contributed by atoms with Crippen LogP contribution >= 0.6 is 0 Å². The largest absolute Gasteiger partial charge is 1.00 e. The number of rotatable bonds is 3. The second-order valence-electron chi connectivity index (χ2n) is 10.6. The summed E-state index contributed by atoms with van der Waals surface area (Å²) in [5, 5.41) is 0. The predicted octanol–water partition coefficient (Wildman–Crippen LogP) is 2.85. The quantitative estimate of drug-likeness (QED) is 0.475. The first-order chi connectivity index (χ1) is 15.5. The Morgan fingerprint density at radius 3 is 1.71 bits per heavy atom. The molecule has 4 heteroatoms. The van der Waals surface area contributed by atoms with Gasteiger partial charge >= 0.3 is 211 Å². The Balaban J connectivity index is 0.00000216. The van der Waals surface area contributed by atoms with E-state index in [4.69, 9.17) is 0 Å². The average Bonchev–Trinajstić information content (AvgIpc) is 3.24. The van der Waals surface area contributed by atoms with Crippen LogP contribution in [0.4, 0.5) is 0 Å². The number of benzene rings is 2. The van der Waals surface area contributed by atoms with E-state index in [9.17, 15) is 0 Å². The van der Waals surface area contributed by atoms with Crippen LogP contribution in [0.1, 0.15) is 75.8 Å². The minimum atomic E-state index is -1.96. The van der Waals surface area contributed by atoms with Gasteiger partial charge in [0.15, 0.2) is 0 Å².